The molecule has 0 aromatic heterocycles. The summed E-state index contributed by atoms with van der Waals surface area (Å²) in [5, 5.41) is 10.8. The summed E-state index contributed by atoms with van der Waals surface area (Å²) in [4.78, 5) is 11.6. The standard InChI is InChI=1S/C14H15F2NO2/c1-10-5-6-12(14(19)17-9-13(15)16)8-11(10)4-2-3-7-18/h5-6,8,13,18H,3,7,9H2,1H3,(H,17,19). The van der Waals surface area contributed by atoms with E-state index in [1.807, 2.05) is 6.92 Å². The molecule has 0 heterocycles. The van der Waals surface area contributed by atoms with E-state index in [0.717, 1.165) is 5.56 Å². The number of carbonyl (C=O) groups is 1. The van der Waals surface area contributed by atoms with Crippen LogP contribution >= 0.6 is 0 Å². The van der Waals surface area contributed by atoms with Crippen LogP contribution in [0.5, 0.6) is 0 Å². The predicted octanol–water partition coefficient (Wildman–Crippen LogP) is 1.72. The van der Waals surface area contributed by atoms with Gasteiger partial charge in [-0.2, -0.15) is 0 Å². The Bertz CT molecular complexity index is 504. The molecule has 0 unspecified atom stereocenters. The highest BCUT2D eigenvalue weighted by Gasteiger charge is 2.09. The SMILES string of the molecule is Cc1ccc(C(=O)NCC(F)F)cc1C#CCCO. The lowest BCUT2D eigenvalue weighted by Crippen LogP contribution is -2.28. The van der Waals surface area contributed by atoms with E-state index in [-0.39, 0.29) is 6.61 Å². The lowest BCUT2D eigenvalue weighted by atomic mass is 10.0. The summed E-state index contributed by atoms with van der Waals surface area (Å²) in [6, 6.07) is 4.83. The minimum absolute atomic E-state index is 0.0272. The second-order valence-corrected chi connectivity index (χ2v) is 3.91. The molecule has 3 nitrogen and oxygen atoms in total. The fourth-order valence-electron chi connectivity index (χ4n) is 1.38. The van der Waals surface area contributed by atoms with Crippen molar-refractivity contribution < 1.29 is 18.7 Å². The first-order valence-electron chi connectivity index (χ1n) is 5.81. The number of carbonyl (C=O) groups excluding carboxylic acids is 1. The third-order valence-corrected chi connectivity index (χ3v) is 2.38. The van der Waals surface area contributed by atoms with Gasteiger partial charge in [0, 0.05) is 17.5 Å². The van der Waals surface area contributed by atoms with Crippen LogP contribution in [-0.2, 0) is 0 Å². The van der Waals surface area contributed by atoms with Gasteiger partial charge in [-0.25, -0.2) is 8.78 Å². The van der Waals surface area contributed by atoms with E-state index in [4.69, 9.17) is 5.11 Å². The van der Waals surface area contributed by atoms with Crippen molar-refractivity contribution in [3.8, 4) is 11.8 Å². The van der Waals surface area contributed by atoms with Crippen LogP contribution < -0.4 is 5.32 Å². The largest absolute Gasteiger partial charge is 0.395 e. The summed E-state index contributed by atoms with van der Waals surface area (Å²) in [5.41, 5.74) is 1.83. The monoisotopic (exact) mass is 267 g/mol. The van der Waals surface area contributed by atoms with E-state index in [1.54, 1.807) is 18.2 Å². The van der Waals surface area contributed by atoms with Gasteiger partial charge < -0.3 is 10.4 Å². The quantitative estimate of drug-likeness (QED) is 0.816. The van der Waals surface area contributed by atoms with Crippen LogP contribution in [0.2, 0.25) is 0 Å². The maximum atomic E-state index is 12.0. The summed E-state index contributed by atoms with van der Waals surface area (Å²) < 4.78 is 24.0. The van der Waals surface area contributed by atoms with Crippen LogP contribution in [-0.4, -0.2) is 30.6 Å². The zero-order valence-corrected chi connectivity index (χ0v) is 10.5. The number of halogens is 2. The number of rotatable bonds is 4. The first-order valence-corrected chi connectivity index (χ1v) is 5.81. The molecule has 1 aromatic carbocycles. The molecule has 102 valence electrons. The van der Waals surface area contributed by atoms with E-state index < -0.39 is 18.9 Å². The Labute approximate surface area is 110 Å². The van der Waals surface area contributed by atoms with Gasteiger partial charge in [0.25, 0.3) is 12.3 Å². The lowest BCUT2D eigenvalue weighted by Gasteiger charge is -2.06. The summed E-state index contributed by atoms with van der Waals surface area (Å²) in [7, 11) is 0. The molecule has 1 amide bonds. The molecular formula is C14H15F2NO2. The molecule has 2 N–H and O–H groups in total. The highest BCUT2D eigenvalue weighted by Crippen LogP contribution is 2.10. The predicted molar refractivity (Wildman–Crippen MR) is 68.1 cm³/mol. The fraction of sp³-hybridized carbons (Fsp3) is 0.357. The number of amides is 1. The van der Waals surface area contributed by atoms with Gasteiger partial charge in [-0.3, -0.25) is 4.79 Å². The van der Waals surface area contributed by atoms with Crippen molar-refractivity contribution in [1.29, 1.82) is 0 Å². The Morgan fingerprint density at radius 1 is 1.47 bits per heavy atom. The molecule has 1 rings (SSSR count). The molecule has 0 saturated heterocycles. The summed E-state index contributed by atoms with van der Waals surface area (Å²) >= 11 is 0. The number of hydrogen-bond acceptors (Lipinski definition) is 2. The van der Waals surface area contributed by atoms with Crippen LogP contribution in [0.15, 0.2) is 18.2 Å². The third-order valence-electron chi connectivity index (χ3n) is 2.38. The molecular weight excluding hydrogens is 252 g/mol. The van der Waals surface area contributed by atoms with E-state index in [2.05, 4.69) is 17.2 Å². The zero-order valence-electron chi connectivity index (χ0n) is 10.5. The molecule has 5 heteroatoms. The number of hydrogen-bond donors (Lipinski definition) is 2. The Kier molecular flexibility index (Phi) is 5.97. The van der Waals surface area contributed by atoms with Crippen molar-refractivity contribution in [3.63, 3.8) is 0 Å². The van der Waals surface area contributed by atoms with Gasteiger partial charge in [0.05, 0.1) is 13.2 Å². The van der Waals surface area contributed by atoms with E-state index in [9.17, 15) is 13.6 Å². The first-order chi connectivity index (χ1) is 9.04. The van der Waals surface area contributed by atoms with Crippen LogP contribution in [0.25, 0.3) is 0 Å². The normalized spacial score (nSPS) is 9.95. The zero-order chi connectivity index (χ0) is 14.3. The molecule has 0 atom stereocenters. The average Bonchev–Trinajstić information content (AvgIpc) is 2.38. The third kappa shape index (κ3) is 5.06. The summed E-state index contributed by atoms with van der Waals surface area (Å²) in [6.45, 7) is 1.14. The van der Waals surface area contributed by atoms with Gasteiger partial charge in [0.2, 0.25) is 0 Å². The number of aliphatic hydroxyl groups is 1. The Morgan fingerprint density at radius 3 is 2.84 bits per heavy atom. The molecule has 1 aromatic rings. The lowest BCUT2D eigenvalue weighted by molar-refractivity contribution is 0.0891. The van der Waals surface area contributed by atoms with Gasteiger partial charge in [-0.15, -0.1) is 0 Å². The van der Waals surface area contributed by atoms with Crippen molar-refractivity contribution in [3.05, 3.63) is 34.9 Å². The smallest absolute Gasteiger partial charge is 0.255 e. The molecule has 0 aliphatic heterocycles. The average molecular weight is 267 g/mol. The molecule has 0 saturated carbocycles. The summed E-state index contributed by atoms with van der Waals surface area (Å²) in [5.74, 6) is 5.04. The topological polar surface area (TPSA) is 49.3 Å². The van der Waals surface area contributed by atoms with Crippen LogP contribution in [0.4, 0.5) is 8.78 Å². The maximum absolute atomic E-state index is 12.0. The van der Waals surface area contributed by atoms with E-state index in [1.165, 1.54) is 0 Å². The van der Waals surface area contributed by atoms with Gasteiger partial charge >= 0.3 is 0 Å². The van der Waals surface area contributed by atoms with Gasteiger partial charge in [0.1, 0.15) is 0 Å². The van der Waals surface area contributed by atoms with Crippen LogP contribution in [0, 0.1) is 18.8 Å². The highest BCUT2D eigenvalue weighted by atomic mass is 19.3. The Hall–Kier alpha value is -1.93. The second kappa shape index (κ2) is 7.49. The first kappa shape index (κ1) is 15.1. The molecule has 19 heavy (non-hydrogen) atoms. The Balaban J connectivity index is 2.84. The van der Waals surface area contributed by atoms with Crippen molar-refractivity contribution in [1.82, 2.24) is 5.32 Å². The van der Waals surface area contributed by atoms with Gasteiger partial charge in [-0.05, 0) is 24.6 Å². The fourth-order valence-corrected chi connectivity index (χ4v) is 1.38. The van der Waals surface area contributed by atoms with Crippen molar-refractivity contribution in [2.75, 3.05) is 13.2 Å². The number of nitrogens with one attached hydrogen (secondary N) is 1. The summed E-state index contributed by atoms with van der Waals surface area (Å²) in [6.07, 6.45) is -2.22. The van der Waals surface area contributed by atoms with Gasteiger partial charge in [0.15, 0.2) is 0 Å². The van der Waals surface area contributed by atoms with Crippen molar-refractivity contribution in [2.45, 2.75) is 19.8 Å². The minimum Gasteiger partial charge on any atom is -0.395 e. The minimum atomic E-state index is -2.57. The highest BCUT2D eigenvalue weighted by molar-refractivity contribution is 5.94. The molecule has 0 bridgehead atoms. The number of alkyl halides is 2. The van der Waals surface area contributed by atoms with Gasteiger partial charge in [-0.1, -0.05) is 17.9 Å². The van der Waals surface area contributed by atoms with E-state index in [0.29, 0.717) is 17.5 Å². The van der Waals surface area contributed by atoms with Crippen molar-refractivity contribution in [2.24, 2.45) is 0 Å². The Morgan fingerprint density at radius 2 is 2.21 bits per heavy atom. The van der Waals surface area contributed by atoms with E-state index >= 15 is 0 Å². The maximum Gasteiger partial charge on any atom is 0.255 e. The number of aliphatic hydroxyl groups excluding tert-OH is 1. The molecule has 0 spiro atoms. The van der Waals surface area contributed by atoms with Crippen LogP contribution in [0.3, 0.4) is 0 Å². The molecule has 0 aliphatic rings. The van der Waals surface area contributed by atoms with Crippen molar-refractivity contribution >= 4 is 5.91 Å². The number of benzene rings is 1. The second-order valence-electron chi connectivity index (χ2n) is 3.91. The number of aryl methyl sites for hydroxylation is 1. The molecule has 0 radical (unpaired) electrons. The molecule has 0 aliphatic carbocycles. The molecule has 0 fully saturated rings. The van der Waals surface area contributed by atoms with Crippen LogP contribution in [0.1, 0.15) is 27.9 Å².